The summed E-state index contributed by atoms with van der Waals surface area (Å²) in [5.41, 5.74) is 8.87. The number of aromatic hydroxyl groups is 1. The van der Waals surface area contributed by atoms with E-state index in [1.807, 2.05) is 0 Å². The summed E-state index contributed by atoms with van der Waals surface area (Å²) in [6, 6.07) is 1.14. The molecule has 0 bridgehead atoms. The number of carboxylic acids is 1. The van der Waals surface area contributed by atoms with E-state index in [0.717, 1.165) is 0 Å². The van der Waals surface area contributed by atoms with E-state index in [4.69, 9.17) is 17.9 Å². The SMILES string of the molecule is C.C#CCCCC[C@](C)(NC(=O)[C@@H](CN[C@@H](CCC(N)=O)C(=O)C(=O)[C@H](C)NC(=O)[C@H](Cc1c[nH]c2ccccc12)NC(=O)C(Cc1ccc(O)cc1)NC(=O)[C@H](CCC(=O)O)NC(=O)[C@@](C)(CCCCC#CC)NC(=O)[C@H](Cc1ccccc1)NC(=O)[C@@H](NC(=O)[C@H](CC(C)C)NC(C)=O)[C@@H](C)O)CC(C)C)C(=O)NC(C)C(=O)N[C@@H](C)C(=O)NC(C)C(=O)N[C@@H](C)C(=O)C(=O)[C@H](C)NC[C@H](C)C(N)=O. The van der Waals surface area contributed by atoms with Crippen molar-refractivity contribution in [1.29, 1.82) is 0 Å². The summed E-state index contributed by atoms with van der Waals surface area (Å²) < 4.78 is 0. The average Bonchev–Trinajstić information content (AvgIpc) is 1.39. The van der Waals surface area contributed by atoms with Crippen LogP contribution in [-0.4, -0.2) is 247 Å². The first kappa shape index (κ1) is 121. The average molecular weight is 1970 g/mol. The highest BCUT2D eigenvalue weighted by atomic mass is 16.4. The Morgan fingerprint density at radius 3 is 1.44 bits per heavy atom. The maximum Gasteiger partial charge on any atom is 0.303 e. The first-order valence-electron chi connectivity index (χ1n) is 47.0. The fourth-order valence-corrected chi connectivity index (χ4v) is 15.0. The summed E-state index contributed by atoms with van der Waals surface area (Å²) >= 11 is 0. The quantitative estimate of drug-likeness (QED) is 0.0167. The van der Waals surface area contributed by atoms with Gasteiger partial charge in [-0.15, -0.1) is 24.2 Å². The topological polar surface area (TPSA) is 650 Å². The molecule has 0 radical (unpaired) electrons. The number of Topliss-reactive ketones (excluding diaryl/α,β-unsaturated/α-hetero) is 4. The molecule has 0 saturated heterocycles. The Morgan fingerprint density at radius 2 is 0.908 bits per heavy atom. The number of aliphatic hydroxyl groups excluding tert-OH is 1. The number of carbonyl (C=O) groups is 20. The van der Waals surface area contributed by atoms with Gasteiger partial charge in [0.15, 0.2) is 0 Å². The van der Waals surface area contributed by atoms with Crippen LogP contribution in [0, 0.1) is 47.9 Å². The molecule has 141 heavy (non-hydrogen) atoms. The van der Waals surface area contributed by atoms with E-state index in [1.54, 1.807) is 95.4 Å². The predicted octanol–water partition coefficient (Wildman–Crippen LogP) is 1.07. The number of primary amides is 2. The molecule has 0 spiro atoms. The number of carbonyl (C=O) groups excluding carboxylic acids is 19. The van der Waals surface area contributed by atoms with Gasteiger partial charge in [-0.25, -0.2) is 0 Å². The largest absolute Gasteiger partial charge is 0.508 e. The number of amides is 15. The van der Waals surface area contributed by atoms with Crippen molar-refractivity contribution in [3.05, 3.63) is 102 Å². The van der Waals surface area contributed by atoms with Crippen molar-refractivity contribution in [2.75, 3.05) is 13.1 Å². The number of para-hydroxylation sites is 1. The van der Waals surface area contributed by atoms with Crippen LogP contribution in [0.25, 0.3) is 10.9 Å². The van der Waals surface area contributed by atoms with Crippen LogP contribution in [0.15, 0.2) is 85.1 Å². The fraction of sp³-hybridized carbons (Fsp3) is 0.560. The number of phenolic OH excluding ortho intramolecular Hbond substituents is 1. The van der Waals surface area contributed by atoms with Crippen molar-refractivity contribution in [1.82, 2.24) is 84.7 Å². The lowest BCUT2D eigenvalue weighted by molar-refractivity contribution is -0.140. The zero-order chi connectivity index (χ0) is 105. The molecule has 0 aliphatic heterocycles. The monoisotopic (exact) mass is 1970 g/mol. The van der Waals surface area contributed by atoms with Gasteiger partial charge in [0.25, 0.3) is 0 Å². The number of H-pyrrole nitrogens is 1. The molecule has 41 heteroatoms. The third kappa shape index (κ3) is 41.3. The summed E-state index contributed by atoms with van der Waals surface area (Å²) in [6.45, 7) is 22.8. The molecule has 774 valence electrons. The van der Waals surface area contributed by atoms with Crippen LogP contribution in [-0.2, 0) is 115 Å². The molecule has 0 fully saturated rings. The molecule has 18 atom stereocenters. The number of aromatic nitrogens is 1. The van der Waals surface area contributed by atoms with Crippen LogP contribution in [0.5, 0.6) is 5.75 Å². The van der Waals surface area contributed by atoms with E-state index in [2.05, 4.69) is 102 Å². The summed E-state index contributed by atoms with van der Waals surface area (Å²) in [5, 5.41) is 71.4. The summed E-state index contributed by atoms with van der Waals surface area (Å²) in [6.07, 6.45) is 4.00. The van der Waals surface area contributed by atoms with Crippen molar-refractivity contribution < 1.29 is 111 Å². The van der Waals surface area contributed by atoms with Crippen LogP contribution < -0.4 is 91.2 Å². The second-order valence-corrected chi connectivity index (χ2v) is 36.9. The number of nitrogens with two attached hydrogens (primary N) is 2. The second kappa shape index (κ2) is 59.6. The number of hydrogen-bond donors (Lipinski definition) is 21. The van der Waals surface area contributed by atoms with E-state index in [1.165, 1.54) is 100 Å². The minimum atomic E-state index is -2.04. The molecule has 3 aromatic carbocycles. The zero-order valence-corrected chi connectivity index (χ0v) is 82.6. The maximum atomic E-state index is 15.4. The van der Waals surface area contributed by atoms with Gasteiger partial charge in [-0.2, -0.15) is 0 Å². The van der Waals surface area contributed by atoms with Crippen molar-refractivity contribution in [3.8, 4) is 29.9 Å². The van der Waals surface area contributed by atoms with Crippen LogP contribution in [0.1, 0.15) is 225 Å². The number of rotatable bonds is 63. The predicted molar refractivity (Wildman–Crippen MR) is 525 cm³/mol. The molecule has 1 heterocycles. The number of aliphatic hydroxyl groups is 1. The van der Waals surface area contributed by atoms with Crippen LogP contribution in [0.2, 0.25) is 0 Å². The number of benzene rings is 3. The lowest BCUT2D eigenvalue weighted by Gasteiger charge is -2.34. The molecule has 3 unspecified atom stereocenters. The van der Waals surface area contributed by atoms with Gasteiger partial charge in [-0.1, -0.05) is 103 Å². The molecule has 41 nitrogen and oxygen atoms in total. The highest BCUT2D eigenvalue weighted by molar-refractivity contribution is 6.41. The van der Waals surface area contributed by atoms with E-state index >= 15 is 24.0 Å². The highest BCUT2D eigenvalue weighted by Crippen LogP contribution is 2.25. The van der Waals surface area contributed by atoms with Crippen molar-refractivity contribution in [2.45, 2.75) is 323 Å². The number of unbranched alkanes of at least 4 members (excludes halogenated alkanes) is 4. The Kier molecular flexibility index (Phi) is 51.3. The smallest absolute Gasteiger partial charge is 0.303 e. The van der Waals surface area contributed by atoms with Gasteiger partial charge in [-0.05, 0) is 180 Å². The zero-order valence-electron chi connectivity index (χ0n) is 82.6. The molecule has 0 saturated carbocycles. The molecule has 23 N–H and O–H groups in total. The van der Waals surface area contributed by atoms with Gasteiger partial charge >= 0.3 is 5.97 Å². The number of carboxylic acid groups (broad SMARTS) is 1. The fourth-order valence-electron chi connectivity index (χ4n) is 15.0. The molecular formula is C100H146N18O23. The minimum Gasteiger partial charge on any atom is -0.508 e. The standard InChI is InChI=1S/C99H142N18O23.CH4/c1-18-20-22-24-31-45-99(17,117-94(137)76(48-65-32-26-25-27-33-65)113-95(138)80(63(14)118)115-93(136)74(47-55(5)6)110-64(15)119)97(140)114-73(41-43-79(122)123)90(133)111-75(49-66-36-38-69(120)39-37-66)92(135)112-77(50-67-52-103-71-35-29-28-34-70(67)71)91(134)106-59(10)83(126)84(127)72(40-42-78(100)121)104-53-68(46-54(3)4)89(132)116-98(16,44-30-23-21-19-2)96(139)109-62(13)88(131)108-61(12)87(130)107-60(11)86(129)105-58(9)82(125)81(124)57(8)102-51-56(7)85(101)128;/h2,25-29,32-39,52,54-63,68,72-77,80,102-104,118,120H,21-24,30-31,40-51,53H2,1,3-17H3,(H2,100,121)(H2,101,128)(H,105,129)(H,106,134)(H,107,130)(H,108,131)(H,109,139)(H,110,119)(H,111,133)(H,112,135)(H,113,138)(H,114,140)(H,115,136)(H,116,132)(H,117,137)(H,122,123);1H4/t56-,57-,58-,59-,60?,61-,62?,63+,68+,72-,73-,74-,75?,76-,77-,80-,98-,99+;/m0./s1. The molecule has 4 rings (SSSR count). The van der Waals surface area contributed by atoms with Gasteiger partial charge in [0, 0.05) is 88.0 Å². The Balaban J connectivity index is 0.0000511. The molecule has 1 aromatic heterocycles. The number of fused-ring (bicyclic) bond motifs is 1. The van der Waals surface area contributed by atoms with E-state index in [-0.39, 0.29) is 89.3 Å². The van der Waals surface area contributed by atoms with Crippen molar-refractivity contribution in [2.24, 2.45) is 35.1 Å². The van der Waals surface area contributed by atoms with Crippen molar-refractivity contribution >= 4 is 129 Å². The summed E-state index contributed by atoms with van der Waals surface area (Å²) in [7, 11) is 0. The number of ketones is 4. The number of aromatic amines is 1. The van der Waals surface area contributed by atoms with Gasteiger partial charge in [0.2, 0.25) is 112 Å². The van der Waals surface area contributed by atoms with Gasteiger partial charge in [-0.3, -0.25) is 95.9 Å². The van der Waals surface area contributed by atoms with E-state index in [9.17, 15) is 87.2 Å². The third-order valence-electron chi connectivity index (χ3n) is 23.4. The normalized spacial score (nSPS) is 15.4. The number of terminal acetylenes is 1. The van der Waals surface area contributed by atoms with Gasteiger partial charge < -0.3 is 112 Å². The molecular weight excluding hydrogens is 1820 g/mol. The molecule has 4 aromatic rings. The van der Waals surface area contributed by atoms with Gasteiger partial charge in [0.05, 0.1) is 36.2 Å². The second-order valence-electron chi connectivity index (χ2n) is 36.9. The minimum absolute atomic E-state index is 0. The highest BCUT2D eigenvalue weighted by Gasteiger charge is 2.44. The number of hydrogen-bond acceptors (Lipinski definition) is 24. The molecule has 0 aliphatic carbocycles. The lowest BCUT2D eigenvalue weighted by atomic mass is 9.89. The molecule has 0 aliphatic rings. The number of aliphatic carboxylic acids is 1. The van der Waals surface area contributed by atoms with Gasteiger partial charge in [0.1, 0.15) is 71.2 Å². The Labute approximate surface area is 823 Å². The maximum absolute atomic E-state index is 15.4. The summed E-state index contributed by atoms with van der Waals surface area (Å²) in [4.78, 5) is 281. The van der Waals surface area contributed by atoms with E-state index < -0.39 is 264 Å². The number of phenols is 1. The van der Waals surface area contributed by atoms with Crippen molar-refractivity contribution in [3.63, 3.8) is 0 Å². The van der Waals surface area contributed by atoms with E-state index in [0.29, 0.717) is 46.9 Å². The lowest BCUT2D eigenvalue weighted by Crippen LogP contribution is -2.65. The first-order valence-corrected chi connectivity index (χ1v) is 47.0. The first-order chi connectivity index (χ1) is 65.7. The Hall–Kier alpha value is -13.8. The Bertz CT molecular complexity index is 5120. The number of nitrogens with one attached hydrogen (secondary N) is 16. The van der Waals surface area contributed by atoms with Crippen LogP contribution in [0.4, 0.5) is 0 Å². The summed E-state index contributed by atoms with van der Waals surface area (Å²) in [5.74, 6) is -13.4. The van der Waals surface area contributed by atoms with Crippen LogP contribution in [0.3, 0.4) is 0 Å². The third-order valence-corrected chi connectivity index (χ3v) is 23.4. The Morgan fingerprint density at radius 1 is 0.447 bits per heavy atom. The van der Waals surface area contributed by atoms with Crippen LogP contribution >= 0.6 is 0 Å². The molecule has 15 amide bonds.